The lowest BCUT2D eigenvalue weighted by molar-refractivity contribution is -2.00. The first kappa shape index (κ1) is 27.5. The summed E-state index contributed by atoms with van der Waals surface area (Å²) in [6.07, 6.45) is 0. The van der Waals surface area contributed by atoms with Crippen molar-refractivity contribution in [2.24, 2.45) is 0 Å². The Kier molecular flexibility index (Phi) is 10.6. The first-order valence-electron chi connectivity index (χ1n) is 9.20. The predicted octanol–water partition coefficient (Wildman–Crippen LogP) is 0.184. The largest absolute Gasteiger partial charge is 0.293 e. The van der Waals surface area contributed by atoms with Gasteiger partial charge >= 0.3 is 0 Å². The molecule has 1 amide bonds. The summed E-state index contributed by atoms with van der Waals surface area (Å²) in [6, 6.07) is 29.9. The average Bonchev–Trinajstić information content (AvgIpc) is 2.79. The Labute approximate surface area is 209 Å². The molecule has 1 N–H and O–H groups in total. The van der Waals surface area contributed by atoms with Crippen LogP contribution in [0, 0.1) is 10.2 Å². The van der Waals surface area contributed by atoms with E-state index in [1.54, 1.807) is 0 Å². The minimum Gasteiger partial charge on any atom is -0.293 e. The van der Waals surface area contributed by atoms with Gasteiger partial charge in [0.15, 0.2) is 11.8 Å². The number of carbonyl (C=O) groups is 1. The molecule has 0 radical (unpaired) electrons. The minimum atomic E-state index is -4.94. The van der Waals surface area contributed by atoms with Crippen LogP contribution in [0.3, 0.4) is 0 Å². The molecule has 0 bridgehead atoms. The Morgan fingerprint density at radius 3 is 1.27 bits per heavy atom. The van der Waals surface area contributed by atoms with Gasteiger partial charge in [0.1, 0.15) is 21.8 Å². The van der Waals surface area contributed by atoms with Crippen LogP contribution in [-0.4, -0.2) is 11.8 Å². The number of hydrogen-bond acceptors (Lipinski definition) is 5. The smallest absolute Gasteiger partial charge is 0.241 e. The summed E-state index contributed by atoms with van der Waals surface area (Å²) in [6.45, 7) is 0. The summed E-state index contributed by atoms with van der Waals surface area (Å²) in [5.41, 5.74) is 0.477. The van der Waals surface area contributed by atoms with E-state index in [9.17, 15) is 4.79 Å². The Bertz CT molecular complexity index is 958. The third-order valence-electron chi connectivity index (χ3n) is 4.32. The van der Waals surface area contributed by atoms with Gasteiger partial charge in [0, 0.05) is 0 Å². The summed E-state index contributed by atoms with van der Waals surface area (Å²) < 4.78 is 34.0. The van der Waals surface area contributed by atoms with Crippen molar-refractivity contribution in [3.63, 3.8) is 0 Å². The highest BCUT2D eigenvalue weighted by Crippen LogP contribution is 2.62. The number of amides is 1. The van der Waals surface area contributed by atoms with Crippen LogP contribution < -0.4 is 39.9 Å². The quantitative estimate of drug-likeness (QED) is 0.348. The predicted molar refractivity (Wildman–Crippen MR) is 123 cm³/mol. The van der Waals surface area contributed by atoms with Crippen molar-refractivity contribution in [3.8, 4) is 0 Å². The zero-order chi connectivity index (χ0) is 24.5. The molecule has 0 aliphatic rings. The van der Waals surface area contributed by atoms with Crippen LogP contribution in [0.1, 0.15) is 0 Å². The number of carbonyl (C=O) groups excluding carboxylic acids is 1. The van der Waals surface area contributed by atoms with Crippen LogP contribution in [0.15, 0.2) is 101 Å². The molecule has 3 aromatic rings. The fourth-order valence-electron chi connectivity index (χ4n) is 3.21. The van der Waals surface area contributed by atoms with Gasteiger partial charge in [-0.2, -0.15) is 0 Å². The highest BCUT2D eigenvalue weighted by molar-refractivity contribution is 7.99. The molecule has 11 heteroatoms. The van der Waals surface area contributed by atoms with E-state index in [1.165, 1.54) is 0 Å². The van der Waals surface area contributed by atoms with Gasteiger partial charge in [-0.25, -0.2) is 18.6 Å². The lowest BCUT2D eigenvalue weighted by Crippen LogP contribution is -2.68. The van der Waals surface area contributed by atoms with Crippen molar-refractivity contribution in [1.29, 1.82) is 0 Å². The molecule has 0 aliphatic heterocycles. The van der Waals surface area contributed by atoms with Gasteiger partial charge in [-0.05, 0) is 36.4 Å². The summed E-state index contributed by atoms with van der Waals surface area (Å²) in [5.74, 6) is -0.550. The van der Waals surface area contributed by atoms with E-state index >= 15 is 0 Å². The van der Waals surface area contributed by atoms with E-state index < -0.39 is 17.5 Å². The third kappa shape index (κ3) is 7.66. The fourth-order valence-corrected chi connectivity index (χ4v) is 8.21. The summed E-state index contributed by atoms with van der Waals surface area (Å²) in [7, 11) is -7.51. The molecule has 0 unspecified atom stereocenters. The lowest BCUT2D eigenvalue weighted by Gasteiger charge is -2.29. The van der Waals surface area contributed by atoms with Gasteiger partial charge < -0.3 is 0 Å². The number of nitrogens with one attached hydrogen (secondary N) is 1. The Balaban J connectivity index is 0.000000696. The molecular formula is C22H18Cl4NO5P. The molecule has 0 aliphatic carbocycles. The summed E-state index contributed by atoms with van der Waals surface area (Å²) in [5, 5.41) is 5.97. The molecule has 0 saturated heterocycles. The van der Waals surface area contributed by atoms with Gasteiger partial charge in [-0.3, -0.25) is 10.1 Å². The van der Waals surface area contributed by atoms with E-state index in [4.69, 9.17) is 53.4 Å². The van der Waals surface area contributed by atoms with Crippen molar-refractivity contribution < 1.29 is 33.7 Å². The first-order chi connectivity index (χ1) is 15.6. The standard InChI is InChI=1S/C22H17Cl3NOP.ClHO4/c23-16-20(27)26-22(21(24)25)28(17-10-4-1-5-11-17,18-12-6-2-7-13-18)19-14-8-3-9-15-19;2-1(3,4)5/h1-15H,16H2;(H,2,3,4,5). The maximum atomic E-state index is 12.3. The highest BCUT2D eigenvalue weighted by atomic mass is 35.7. The van der Waals surface area contributed by atoms with Gasteiger partial charge in [0.25, 0.3) is 0 Å². The molecule has 3 aromatic carbocycles. The van der Waals surface area contributed by atoms with Gasteiger partial charge in [-0.15, -0.1) is 21.8 Å². The normalized spacial score (nSPS) is 11.1. The Hall–Kier alpha value is -1.70. The number of hydrogen-bond donors (Lipinski definition) is 1. The summed E-state index contributed by atoms with van der Waals surface area (Å²) >= 11 is 18.6. The van der Waals surface area contributed by atoms with Gasteiger partial charge in [-0.1, -0.05) is 77.8 Å². The second-order valence-corrected chi connectivity index (χ2v) is 11.7. The van der Waals surface area contributed by atoms with Crippen LogP contribution in [0.5, 0.6) is 0 Å². The molecule has 3 rings (SSSR count). The number of benzene rings is 3. The van der Waals surface area contributed by atoms with Crippen molar-refractivity contribution in [3.05, 3.63) is 101 Å². The maximum absolute atomic E-state index is 12.3. The Morgan fingerprint density at radius 2 is 1.03 bits per heavy atom. The van der Waals surface area contributed by atoms with Crippen molar-refractivity contribution in [1.82, 2.24) is 5.32 Å². The molecule has 0 saturated carbocycles. The maximum Gasteiger partial charge on any atom is 0.241 e. The van der Waals surface area contributed by atoms with E-state index in [0.717, 1.165) is 15.9 Å². The molecule has 0 spiro atoms. The van der Waals surface area contributed by atoms with Crippen LogP contribution in [0.2, 0.25) is 0 Å². The highest BCUT2D eigenvalue weighted by Gasteiger charge is 2.52. The van der Waals surface area contributed by atoms with Gasteiger partial charge in [0.05, 0.1) is 0 Å². The number of rotatable bonds is 6. The summed E-state index contributed by atoms with van der Waals surface area (Å²) in [4.78, 5) is 12.3. The first-order valence-corrected chi connectivity index (χ1v) is 13.5. The molecule has 33 heavy (non-hydrogen) atoms. The number of halogens is 4. The van der Waals surface area contributed by atoms with E-state index in [1.807, 2.05) is 91.0 Å². The zero-order valence-electron chi connectivity index (χ0n) is 16.9. The fraction of sp³-hybridized carbons (Fsp3) is 0.0455. The molecule has 0 heterocycles. The topological polar surface area (TPSA) is 121 Å². The third-order valence-corrected chi connectivity index (χ3v) is 9.43. The van der Waals surface area contributed by atoms with E-state index in [0.29, 0.717) is 5.44 Å². The Morgan fingerprint density at radius 1 is 0.727 bits per heavy atom. The monoisotopic (exact) mass is 547 g/mol. The SMILES string of the molecule is O=C(CCl)NC(=C(Cl)Cl)[P+](c1ccccc1)(c1ccccc1)c1ccccc1.[O-][Cl+3]([O-])([O-])[O-]. The van der Waals surface area contributed by atoms with Crippen LogP contribution in [0.4, 0.5) is 0 Å². The van der Waals surface area contributed by atoms with Crippen LogP contribution >= 0.6 is 42.1 Å². The van der Waals surface area contributed by atoms with Crippen molar-refractivity contribution in [2.75, 3.05) is 5.88 Å². The zero-order valence-corrected chi connectivity index (χ0v) is 20.8. The molecular weight excluding hydrogens is 531 g/mol. The van der Waals surface area contributed by atoms with Crippen LogP contribution in [0.25, 0.3) is 0 Å². The van der Waals surface area contributed by atoms with Crippen molar-refractivity contribution >= 4 is 63.9 Å². The number of alkyl halides is 1. The second kappa shape index (κ2) is 12.7. The van der Waals surface area contributed by atoms with Gasteiger partial charge in [0.2, 0.25) is 11.3 Å². The minimum absolute atomic E-state index is 0.0170. The van der Waals surface area contributed by atoms with E-state index in [2.05, 4.69) is 5.32 Å². The second-order valence-electron chi connectivity index (χ2n) is 6.35. The lowest BCUT2D eigenvalue weighted by atomic mass is 10.4. The van der Waals surface area contributed by atoms with Crippen molar-refractivity contribution in [2.45, 2.75) is 0 Å². The molecule has 0 atom stereocenters. The molecule has 0 aromatic heterocycles. The molecule has 6 nitrogen and oxygen atoms in total. The van der Waals surface area contributed by atoms with Crippen LogP contribution in [-0.2, 0) is 4.79 Å². The molecule has 0 fully saturated rings. The average molecular weight is 549 g/mol. The molecule has 174 valence electrons. The van der Waals surface area contributed by atoms with E-state index in [-0.39, 0.29) is 16.3 Å².